The summed E-state index contributed by atoms with van der Waals surface area (Å²) >= 11 is 0. The predicted molar refractivity (Wildman–Crippen MR) is 125 cm³/mol. The number of nitrogens with zero attached hydrogens (tertiary/aromatic N) is 2. The third-order valence-corrected chi connectivity index (χ3v) is 8.32. The van der Waals surface area contributed by atoms with Gasteiger partial charge in [-0.25, -0.2) is 30.6 Å². The topological polar surface area (TPSA) is 98.1 Å². The van der Waals surface area contributed by atoms with Gasteiger partial charge in [0.05, 0.1) is 28.6 Å². The number of hydrogen-bond acceptors (Lipinski definition) is 5. The molecule has 0 amide bonds. The molecule has 0 radical (unpaired) electrons. The summed E-state index contributed by atoms with van der Waals surface area (Å²) in [6.07, 6.45) is 2.53. The SMILES string of the molecule is C[C@H](NS(C)(=O)=O)[C@H](c1ccccc1)S(=O)(=O)c1ccc2c(cnn2-c2ccc(F)cc2)c1. The van der Waals surface area contributed by atoms with Crippen molar-refractivity contribution in [3.63, 3.8) is 0 Å². The minimum absolute atomic E-state index is 0.0460. The highest BCUT2D eigenvalue weighted by Gasteiger charge is 2.35. The lowest BCUT2D eigenvalue weighted by Gasteiger charge is -2.25. The first-order chi connectivity index (χ1) is 15.6. The van der Waals surface area contributed by atoms with Gasteiger partial charge in [-0.2, -0.15) is 5.10 Å². The molecule has 0 unspecified atom stereocenters. The number of benzene rings is 3. The first-order valence-corrected chi connectivity index (χ1v) is 13.5. The molecule has 1 N–H and O–H groups in total. The van der Waals surface area contributed by atoms with Crippen LogP contribution in [0.2, 0.25) is 0 Å². The molecular formula is C23H22FN3O4S2. The van der Waals surface area contributed by atoms with Crippen LogP contribution >= 0.6 is 0 Å². The summed E-state index contributed by atoms with van der Waals surface area (Å²) in [6.45, 7) is 1.53. The molecule has 33 heavy (non-hydrogen) atoms. The van der Waals surface area contributed by atoms with Crippen LogP contribution < -0.4 is 4.72 Å². The van der Waals surface area contributed by atoms with Gasteiger partial charge in [0, 0.05) is 11.4 Å². The number of hydrogen-bond donors (Lipinski definition) is 1. The Morgan fingerprint density at radius 1 is 0.939 bits per heavy atom. The molecule has 0 aliphatic rings. The van der Waals surface area contributed by atoms with E-state index in [2.05, 4.69) is 9.82 Å². The second-order valence-corrected chi connectivity index (χ2v) is 11.7. The van der Waals surface area contributed by atoms with Crippen LogP contribution in [0.25, 0.3) is 16.6 Å². The van der Waals surface area contributed by atoms with Gasteiger partial charge in [-0.3, -0.25) is 0 Å². The van der Waals surface area contributed by atoms with Crippen LogP contribution in [0.5, 0.6) is 0 Å². The fourth-order valence-corrected chi connectivity index (χ4v) is 6.76. The van der Waals surface area contributed by atoms with Gasteiger partial charge < -0.3 is 0 Å². The van der Waals surface area contributed by atoms with Gasteiger partial charge in [-0.05, 0) is 55.0 Å². The van der Waals surface area contributed by atoms with Crippen LogP contribution in [0.15, 0.2) is 83.9 Å². The molecule has 0 bridgehead atoms. The summed E-state index contributed by atoms with van der Waals surface area (Å²) in [7, 11) is -7.63. The fourth-order valence-electron chi connectivity index (χ4n) is 3.90. The lowest BCUT2D eigenvalue weighted by Crippen LogP contribution is -2.39. The monoisotopic (exact) mass is 487 g/mol. The minimum atomic E-state index is -3.99. The molecule has 3 aromatic carbocycles. The molecule has 2 atom stereocenters. The minimum Gasteiger partial charge on any atom is -0.233 e. The van der Waals surface area contributed by atoms with Gasteiger partial charge in [0.1, 0.15) is 11.1 Å². The number of rotatable bonds is 7. The molecule has 172 valence electrons. The van der Waals surface area contributed by atoms with Crippen molar-refractivity contribution in [3.8, 4) is 5.69 Å². The number of sulfone groups is 1. The molecule has 0 aliphatic carbocycles. The zero-order valence-electron chi connectivity index (χ0n) is 17.9. The summed E-state index contributed by atoms with van der Waals surface area (Å²) in [5, 5.41) is 3.75. The Morgan fingerprint density at radius 2 is 1.61 bits per heavy atom. The molecule has 7 nitrogen and oxygen atoms in total. The Hall–Kier alpha value is -3.08. The molecule has 0 spiro atoms. The van der Waals surface area contributed by atoms with Crippen molar-refractivity contribution in [2.24, 2.45) is 0 Å². The number of aromatic nitrogens is 2. The van der Waals surface area contributed by atoms with E-state index in [4.69, 9.17) is 0 Å². The van der Waals surface area contributed by atoms with Crippen molar-refractivity contribution in [1.29, 1.82) is 0 Å². The van der Waals surface area contributed by atoms with Gasteiger partial charge >= 0.3 is 0 Å². The van der Waals surface area contributed by atoms with Crippen LogP contribution in [0, 0.1) is 5.82 Å². The molecule has 1 heterocycles. The van der Waals surface area contributed by atoms with Crippen molar-refractivity contribution >= 4 is 30.8 Å². The average Bonchev–Trinajstić information content (AvgIpc) is 3.17. The van der Waals surface area contributed by atoms with E-state index >= 15 is 0 Å². The standard InChI is InChI=1S/C23H22FN3O4S2/c1-16(26-32(2,28)29)23(17-6-4-3-5-7-17)33(30,31)21-12-13-22-18(14-21)15-25-27(22)20-10-8-19(24)9-11-20/h3-16,23,26H,1-2H3/t16-,23+/m0/s1. The molecular weight excluding hydrogens is 465 g/mol. The normalized spacial score (nSPS) is 14.3. The van der Waals surface area contributed by atoms with Gasteiger partial charge in [-0.1, -0.05) is 30.3 Å². The van der Waals surface area contributed by atoms with Gasteiger partial charge in [-0.15, -0.1) is 0 Å². The van der Waals surface area contributed by atoms with Crippen LogP contribution in [0.4, 0.5) is 4.39 Å². The molecule has 0 saturated heterocycles. The fraction of sp³-hybridized carbons (Fsp3) is 0.174. The van der Waals surface area contributed by atoms with Gasteiger partial charge in [0.2, 0.25) is 10.0 Å². The number of nitrogens with one attached hydrogen (secondary N) is 1. The first kappa shape index (κ1) is 23.1. The Bertz CT molecular complexity index is 1500. The Balaban J connectivity index is 1.79. The maximum absolute atomic E-state index is 13.7. The Labute approximate surface area is 191 Å². The van der Waals surface area contributed by atoms with E-state index in [0.29, 0.717) is 22.2 Å². The smallest absolute Gasteiger partial charge is 0.208 e. The van der Waals surface area contributed by atoms with Crippen LogP contribution in [0.3, 0.4) is 0 Å². The zero-order chi connectivity index (χ0) is 23.8. The van der Waals surface area contributed by atoms with Crippen LogP contribution in [-0.2, 0) is 19.9 Å². The summed E-state index contributed by atoms with van der Waals surface area (Å²) in [5.74, 6) is -0.368. The van der Waals surface area contributed by atoms with E-state index in [0.717, 1.165) is 6.26 Å². The van der Waals surface area contributed by atoms with E-state index < -0.39 is 31.2 Å². The van der Waals surface area contributed by atoms with E-state index in [1.54, 1.807) is 53.2 Å². The second-order valence-electron chi connectivity index (χ2n) is 7.81. The molecule has 0 fully saturated rings. The van der Waals surface area contributed by atoms with Gasteiger partial charge in [0.25, 0.3) is 0 Å². The zero-order valence-corrected chi connectivity index (χ0v) is 19.5. The highest BCUT2D eigenvalue weighted by atomic mass is 32.2. The number of halogens is 1. The molecule has 10 heteroatoms. The number of sulfonamides is 1. The van der Waals surface area contributed by atoms with Crippen molar-refractivity contribution in [1.82, 2.24) is 14.5 Å². The maximum atomic E-state index is 13.7. The van der Waals surface area contributed by atoms with E-state index in [-0.39, 0.29) is 10.7 Å². The van der Waals surface area contributed by atoms with Crippen molar-refractivity contribution < 1.29 is 21.2 Å². The van der Waals surface area contributed by atoms with Gasteiger partial charge in [0.15, 0.2) is 9.84 Å². The van der Waals surface area contributed by atoms with E-state index in [1.807, 2.05) is 0 Å². The second kappa shape index (κ2) is 8.69. The summed E-state index contributed by atoms with van der Waals surface area (Å²) in [4.78, 5) is 0.0460. The predicted octanol–water partition coefficient (Wildman–Crippen LogP) is 3.62. The first-order valence-electron chi connectivity index (χ1n) is 10.1. The number of fused-ring (bicyclic) bond motifs is 1. The lowest BCUT2D eigenvalue weighted by atomic mass is 10.1. The van der Waals surface area contributed by atoms with Crippen LogP contribution in [0.1, 0.15) is 17.7 Å². The highest BCUT2D eigenvalue weighted by molar-refractivity contribution is 7.92. The molecule has 4 aromatic rings. The largest absolute Gasteiger partial charge is 0.233 e. The van der Waals surface area contributed by atoms with Crippen LogP contribution in [-0.4, -0.2) is 38.9 Å². The molecule has 0 saturated carbocycles. The molecule has 0 aliphatic heterocycles. The maximum Gasteiger partial charge on any atom is 0.208 e. The van der Waals surface area contributed by atoms with Crippen molar-refractivity contribution in [3.05, 3.63) is 90.4 Å². The van der Waals surface area contributed by atoms with Crippen molar-refractivity contribution in [2.45, 2.75) is 23.1 Å². The highest BCUT2D eigenvalue weighted by Crippen LogP contribution is 2.34. The summed E-state index contributed by atoms with van der Waals surface area (Å²) in [5.41, 5.74) is 1.76. The molecule has 4 rings (SSSR count). The van der Waals surface area contributed by atoms with E-state index in [1.165, 1.54) is 37.4 Å². The summed E-state index contributed by atoms with van der Waals surface area (Å²) < 4.78 is 68.4. The third kappa shape index (κ3) is 4.82. The third-order valence-electron chi connectivity index (χ3n) is 5.26. The quantitative estimate of drug-likeness (QED) is 0.429. The van der Waals surface area contributed by atoms with E-state index in [9.17, 15) is 21.2 Å². The molecule has 1 aromatic heterocycles. The Kier molecular flexibility index (Phi) is 6.08. The Morgan fingerprint density at radius 3 is 2.24 bits per heavy atom. The lowest BCUT2D eigenvalue weighted by molar-refractivity contribution is 0.537. The summed E-state index contributed by atoms with van der Waals surface area (Å²) in [6, 6.07) is 18.0. The van der Waals surface area contributed by atoms with Crippen molar-refractivity contribution in [2.75, 3.05) is 6.26 Å². The average molecular weight is 488 g/mol.